The number of ether oxygens (including phenoxy) is 2. The van der Waals surface area contributed by atoms with Crippen molar-refractivity contribution in [1.82, 2.24) is 0 Å². The number of halogens is 2. The van der Waals surface area contributed by atoms with Crippen LogP contribution in [0, 0.1) is 0 Å². The lowest BCUT2D eigenvalue weighted by molar-refractivity contribution is -0.139. The molecule has 0 fully saturated rings. The summed E-state index contributed by atoms with van der Waals surface area (Å²) in [6.07, 6.45) is 0. The second kappa shape index (κ2) is 10.1. The molecule has 1 heterocycles. The first-order valence-corrected chi connectivity index (χ1v) is 10.9. The third-order valence-electron chi connectivity index (χ3n) is 5.10. The minimum absolute atomic E-state index is 0.151. The number of carbonyl (C=O) groups is 2. The van der Waals surface area contributed by atoms with Gasteiger partial charge >= 0.3 is 11.9 Å². The van der Waals surface area contributed by atoms with Crippen LogP contribution in [0.2, 0.25) is 10.0 Å². The van der Waals surface area contributed by atoms with Gasteiger partial charge in [-0.3, -0.25) is 0 Å². The molecule has 0 aliphatic carbocycles. The number of benzene rings is 2. The Bertz CT molecular complexity index is 1030. The molecule has 2 aromatic rings. The number of esters is 2. The van der Waals surface area contributed by atoms with Crippen LogP contribution in [0.1, 0.15) is 32.3 Å². The van der Waals surface area contributed by atoms with E-state index in [-0.39, 0.29) is 24.6 Å². The fourth-order valence-corrected chi connectivity index (χ4v) is 3.99. The van der Waals surface area contributed by atoms with Gasteiger partial charge in [0.1, 0.15) is 5.82 Å². The summed E-state index contributed by atoms with van der Waals surface area (Å²) in [6, 6.07) is 13.8. The van der Waals surface area contributed by atoms with Crippen molar-refractivity contribution in [3.63, 3.8) is 0 Å². The summed E-state index contributed by atoms with van der Waals surface area (Å²) in [6.45, 7) is 5.53. The minimum atomic E-state index is -0.783. The van der Waals surface area contributed by atoms with Crippen molar-refractivity contribution < 1.29 is 19.1 Å². The number of hydrogen-bond acceptors (Lipinski definition) is 6. The monoisotopic (exact) mass is 474 g/mol. The molecule has 0 saturated heterocycles. The Hall–Kier alpha value is -2.96. The summed E-state index contributed by atoms with van der Waals surface area (Å²) in [5.74, 6) is -1.78. The highest BCUT2D eigenvalue weighted by atomic mass is 35.5. The molecule has 1 aliphatic heterocycles. The molecule has 168 valence electrons. The molecule has 0 spiro atoms. The van der Waals surface area contributed by atoms with E-state index in [1.165, 1.54) is 0 Å². The molecule has 2 N–H and O–H groups in total. The molecule has 32 heavy (non-hydrogen) atoms. The molecule has 1 atom stereocenters. The van der Waals surface area contributed by atoms with E-state index < -0.39 is 17.9 Å². The van der Waals surface area contributed by atoms with Crippen molar-refractivity contribution in [2.24, 2.45) is 5.73 Å². The highest BCUT2D eigenvalue weighted by Gasteiger charge is 2.41. The Morgan fingerprint density at radius 2 is 1.34 bits per heavy atom. The highest BCUT2D eigenvalue weighted by Crippen LogP contribution is 2.43. The predicted octanol–water partition coefficient (Wildman–Crippen LogP) is 5.17. The lowest BCUT2D eigenvalue weighted by Gasteiger charge is -2.37. The van der Waals surface area contributed by atoms with Crippen LogP contribution in [0.3, 0.4) is 0 Å². The van der Waals surface area contributed by atoms with Gasteiger partial charge in [-0.15, -0.1) is 0 Å². The van der Waals surface area contributed by atoms with Gasteiger partial charge in [-0.2, -0.15) is 0 Å². The van der Waals surface area contributed by atoms with Gasteiger partial charge < -0.3 is 20.1 Å². The SMILES string of the molecule is CCOC(=O)C1=C(C)N(c2ccc(Cl)cc2)C(N)=C(C(=O)OCC)C1c1ccc(Cl)cc1. The van der Waals surface area contributed by atoms with E-state index in [9.17, 15) is 9.59 Å². The van der Waals surface area contributed by atoms with E-state index in [1.807, 2.05) is 0 Å². The minimum Gasteiger partial charge on any atom is -0.463 e. The van der Waals surface area contributed by atoms with E-state index >= 15 is 0 Å². The molecular weight excluding hydrogens is 451 g/mol. The molecule has 0 radical (unpaired) electrons. The largest absolute Gasteiger partial charge is 0.463 e. The first-order chi connectivity index (χ1) is 15.3. The van der Waals surface area contributed by atoms with Gasteiger partial charge in [0.05, 0.1) is 30.3 Å². The zero-order valence-corrected chi connectivity index (χ0v) is 19.5. The number of carbonyl (C=O) groups excluding carboxylic acids is 2. The molecule has 0 saturated carbocycles. The summed E-state index contributed by atoms with van der Waals surface area (Å²) in [4.78, 5) is 27.9. The molecule has 0 amide bonds. The van der Waals surface area contributed by atoms with Gasteiger partial charge in [0.2, 0.25) is 0 Å². The average Bonchev–Trinajstić information content (AvgIpc) is 2.75. The number of rotatable bonds is 6. The number of allylic oxidation sites excluding steroid dienone is 1. The smallest absolute Gasteiger partial charge is 0.338 e. The fraction of sp³-hybridized carbons (Fsp3) is 0.250. The summed E-state index contributed by atoms with van der Waals surface area (Å²) in [5, 5.41) is 1.07. The highest BCUT2D eigenvalue weighted by molar-refractivity contribution is 6.30. The molecule has 6 nitrogen and oxygen atoms in total. The van der Waals surface area contributed by atoms with Crippen LogP contribution in [0.5, 0.6) is 0 Å². The molecule has 2 aromatic carbocycles. The summed E-state index contributed by atoms with van der Waals surface area (Å²) in [5.41, 5.74) is 8.86. The van der Waals surface area contributed by atoms with Crippen LogP contribution in [0.4, 0.5) is 5.69 Å². The Morgan fingerprint density at radius 3 is 1.84 bits per heavy atom. The van der Waals surface area contributed by atoms with Crippen LogP contribution < -0.4 is 10.6 Å². The van der Waals surface area contributed by atoms with E-state index in [2.05, 4.69) is 0 Å². The average molecular weight is 475 g/mol. The fourth-order valence-electron chi connectivity index (χ4n) is 3.74. The first-order valence-electron chi connectivity index (χ1n) is 10.2. The van der Waals surface area contributed by atoms with Crippen molar-refractivity contribution in [3.8, 4) is 0 Å². The maximum absolute atomic E-state index is 13.2. The Balaban J connectivity index is 2.30. The van der Waals surface area contributed by atoms with Crippen molar-refractivity contribution in [3.05, 3.63) is 86.8 Å². The maximum atomic E-state index is 13.2. The number of nitrogens with two attached hydrogens (primary N) is 1. The lowest BCUT2D eigenvalue weighted by atomic mass is 9.80. The van der Waals surface area contributed by atoms with E-state index in [1.54, 1.807) is 74.2 Å². The summed E-state index contributed by atoms with van der Waals surface area (Å²) < 4.78 is 10.7. The van der Waals surface area contributed by atoms with E-state index in [4.69, 9.17) is 38.4 Å². The van der Waals surface area contributed by atoms with Gasteiger partial charge in [0.15, 0.2) is 0 Å². The van der Waals surface area contributed by atoms with Crippen molar-refractivity contribution in [2.75, 3.05) is 18.1 Å². The Kier molecular flexibility index (Phi) is 7.48. The number of hydrogen-bond donors (Lipinski definition) is 1. The standard InChI is InChI=1S/C24H24Cl2N2O4/c1-4-31-23(29)19-14(3)28(18-12-10-17(26)11-13-18)22(27)21(24(30)32-5-2)20(19)15-6-8-16(25)9-7-15/h6-13,20H,4-5,27H2,1-3H3. The molecular formula is C24H24Cl2N2O4. The molecule has 8 heteroatoms. The summed E-state index contributed by atoms with van der Waals surface area (Å²) >= 11 is 12.1. The third kappa shape index (κ3) is 4.61. The quantitative estimate of drug-likeness (QED) is 0.581. The van der Waals surface area contributed by atoms with Crippen LogP contribution in [-0.4, -0.2) is 25.2 Å². The lowest BCUT2D eigenvalue weighted by Crippen LogP contribution is -2.39. The second-order valence-corrected chi connectivity index (χ2v) is 7.91. The van der Waals surface area contributed by atoms with E-state index in [0.29, 0.717) is 32.6 Å². The summed E-state index contributed by atoms with van der Waals surface area (Å²) in [7, 11) is 0. The first kappa shape index (κ1) is 23.7. The van der Waals surface area contributed by atoms with Crippen LogP contribution in [0.25, 0.3) is 0 Å². The van der Waals surface area contributed by atoms with Crippen molar-refractivity contribution in [1.29, 1.82) is 0 Å². The van der Waals surface area contributed by atoms with Crippen LogP contribution in [0.15, 0.2) is 71.2 Å². The zero-order chi connectivity index (χ0) is 23.4. The third-order valence-corrected chi connectivity index (χ3v) is 5.60. The number of nitrogens with zero attached hydrogens (tertiary/aromatic N) is 1. The van der Waals surface area contributed by atoms with Gasteiger partial charge in [-0.1, -0.05) is 35.3 Å². The van der Waals surface area contributed by atoms with E-state index in [0.717, 1.165) is 0 Å². The normalized spacial score (nSPS) is 16.3. The van der Waals surface area contributed by atoms with Gasteiger partial charge in [-0.05, 0) is 62.7 Å². The van der Waals surface area contributed by atoms with Crippen LogP contribution in [-0.2, 0) is 19.1 Å². The molecule has 0 bridgehead atoms. The van der Waals surface area contributed by atoms with Gasteiger partial charge in [-0.25, -0.2) is 9.59 Å². The van der Waals surface area contributed by atoms with Gasteiger partial charge in [0, 0.05) is 21.4 Å². The predicted molar refractivity (Wildman–Crippen MR) is 125 cm³/mol. The molecule has 3 rings (SSSR count). The van der Waals surface area contributed by atoms with Gasteiger partial charge in [0.25, 0.3) is 0 Å². The van der Waals surface area contributed by atoms with Crippen LogP contribution >= 0.6 is 23.2 Å². The Morgan fingerprint density at radius 1 is 0.875 bits per heavy atom. The molecule has 1 aliphatic rings. The zero-order valence-electron chi connectivity index (χ0n) is 18.0. The van der Waals surface area contributed by atoms with Crippen molar-refractivity contribution in [2.45, 2.75) is 26.7 Å². The number of anilines is 1. The Labute approximate surface area is 197 Å². The second-order valence-electron chi connectivity index (χ2n) is 7.04. The molecule has 1 unspecified atom stereocenters. The maximum Gasteiger partial charge on any atom is 0.338 e. The molecule has 0 aromatic heterocycles. The topological polar surface area (TPSA) is 81.9 Å². The van der Waals surface area contributed by atoms with Crippen molar-refractivity contribution >= 4 is 40.8 Å².